The van der Waals surface area contributed by atoms with Crippen LogP contribution in [-0.2, 0) is 4.74 Å². The van der Waals surface area contributed by atoms with Gasteiger partial charge < -0.3 is 15.4 Å². The highest BCUT2D eigenvalue weighted by molar-refractivity contribution is 6.07. The van der Waals surface area contributed by atoms with E-state index in [9.17, 15) is 9.59 Å². The van der Waals surface area contributed by atoms with E-state index in [1.807, 2.05) is 31.2 Å². The molecule has 0 aliphatic carbocycles. The fourth-order valence-corrected chi connectivity index (χ4v) is 2.46. The average Bonchev–Trinajstić information content (AvgIpc) is 2.71. The van der Waals surface area contributed by atoms with E-state index in [0.717, 1.165) is 11.3 Å². The van der Waals surface area contributed by atoms with Crippen LogP contribution in [0.25, 0.3) is 0 Å². The average molecular weight is 376 g/mol. The zero-order valence-corrected chi connectivity index (χ0v) is 15.6. The number of hydrogen-bond acceptors (Lipinski definition) is 6. The number of aryl methyl sites for hydroxylation is 1. The topological polar surface area (TPSA) is 93.2 Å². The monoisotopic (exact) mass is 376 g/mol. The summed E-state index contributed by atoms with van der Waals surface area (Å²) in [4.78, 5) is 32.8. The fourth-order valence-electron chi connectivity index (χ4n) is 2.46. The molecule has 28 heavy (non-hydrogen) atoms. The van der Waals surface area contributed by atoms with Crippen molar-refractivity contribution < 1.29 is 14.3 Å². The highest BCUT2D eigenvalue weighted by Gasteiger charge is 2.15. The number of rotatable bonds is 6. The molecular formula is C21H20N4O3. The molecule has 142 valence electrons. The lowest BCUT2D eigenvalue weighted by molar-refractivity contribution is 0.0527. The van der Waals surface area contributed by atoms with Crippen molar-refractivity contribution in [2.45, 2.75) is 13.8 Å². The molecule has 0 saturated carbocycles. The van der Waals surface area contributed by atoms with Crippen LogP contribution in [0, 0.1) is 6.92 Å². The van der Waals surface area contributed by atoms with Gasteiger partial charge in [0.05, 0.1) is 30.3 Å². The number of aromatic nitrogens is 2. The summed E-state index contributed by atoms with van der Waals surface area (Å²) in [5.74, 6) is -0.444. The third-order valence-corrected chi connectivity index (χ3v) is 3.88. The van der Waals surface area contributed by atoms with E-state index in [1.54, 1.807) is 31.2 Å². The van der Waals surface area contributed by atoms with Crippen molar-refractivity contribution in [2.24, 2.45) is 0 Å². The predicted octanol–water partition coefficient (Wildman–Crippen LogP) is 3.96. The van der Waals surface area contributed by atoms with Crippen LogP contribution < -0.4 is 10.6 Å². The summed E-state index contributed by atoms with van der Waals surface area (Å²) in [6.07, 6.45) is 2.85. The Morgan fingerprint density at radius 1 is 1.00 bits per heavy atom. The lowest BCUT2D eigenvalue weighted by Crippen LogP contribution is -2.17. The van der Waals surface area contributed by atoms with Gasteiger partial charge >= 0.3 is 5.97 Å². The number of carbonyl (C=O) groups excluding carboxylic acids is 2. The summed E-state index contributed by atoms with van der Waals surface area (Å²) in [5, 5.41) is 5.80. The first kappa shape index (κ1) is 19.0. The van der Waals surface area contributed by atoms with E-state index < -0.39 is 11.9 Å². The number of carbonyl (C=O) groups is 2. The number of anilines is 3. The SMILES string of the molecule is CCOC(=O)c1ccccc1NC(=O)c1cnc(Nc2ccc(C)cc2)cn1. The van der Waals surface area contributed by atoms with Gasteiger partial charge in [-0.2, -0.15) is 0 Å². The quantitative estimate of drug-likeness (QED) is 0.633. The second-order valence-electron chi connectivity index (χ2n) is 6.00. The van der Waals surface area contributed by atoms with Gasteiger partial charge in [0.1, 0.15) is 11.5 Å². The molecule has 0 spiro atoms. The van der Waals surface area contributed by atoms with Crippen LogP contribution in [0.1, 0.15) is 33.3 Å². The minimum absolute atomic E-state index is 0.133. The van der Waals surface area contributed by atoms with Gasteiger partial charge in [-0.1, -0.05) is 29.8 Å². The zero-order valence-electron chi connectivity index (χ0n) is 15.6. The number of nitrogens with zero attached hydrogens (tertiary/aromatic N) is 2. The van der Waals surface area contributed by atoms with Gasteiger partial charge in [0.2, 0.25) is 0 Å². The summed E-state index contributed by atoms with van der Waals surface area (Å²) in [7, 11) is 0. The van der Waals surface area contributed by atoms with Crippen molar-refractivity contribution in [2.75, 3.05) is 17.2 Å². The Kier molecular flexibility index (Phi) is 5.96. The standard InChI is InChI=1S/C21H20N4O3/c1-3-28-21(27)16-6-4-5-7-17(16)25-20(26)18-12-23-19(13-22-18)24-15-10-8-14(2)9-11-15/h4-13H,3H2,1-2H3,(H,23,24)(H,25,26). The molecule has 0 unspecified atom stereocenters. The zero-order chi connectivity index (χ0) is 19.9. The molecule has 0 bridgehead atoms. The van der Waals surface area contributed by atoms with E-state index in [-0.39, 0.29) is 17.9 Å². The van der Waals surface area contributed by atoms with Crippen LogP contribution in [0.15, 0.2) is 60.9 Å². The summed E-state index contributed by atoms with van der Waals surface area (Å²) < 4.78 is 5.01. The van der Waals surface area contributed by atoms with Crippen molar-refractivity contribution in [1.82, 2.24) is 9.97 Å². The predicted molar refractivity (Wildman–Crippen MR) is 107 cm³/mol. The summed E-state index contributed by atoms with van der Waals surface area (Å²) in [5.41, 5.74) is 2.80. The van der Waals surface area contributed by atoms with Crippen LogP contribution in [0.3, 0.4) is 0 Å². The number of hydrogen-bond donors (Lipinski definition) is 2. The van der Waals surface area contributed by atoms with Gasteiger partial charge in [-0.05, 0) is 38.1 Å². The lowest BCUT2D eigenvalue weighted by Gasteiger charge is -2.10. The Hall–Kier alpha value is -3.74. The molecule has 3 aromatic rings. The Bertz CT molecular complexity index is 970. The van der Waals surface area contributed by atoms with E-state index in [0.29, 0.717) is 11.5 Å². The molecular weight excluding hydrogens is 356 g/mol. The second-order valence-corrected chi connectivity index (χ2v) is 6.00. The molecule has 7 nitrogen and oxygen atoms in total. The van der Waals surface area contributed by atoms with Crippen molar-refractivity contribution in [3.63, 3.8) is 0 Å². The number of nitrogens with one attached hydrogen (secondary N) is 2. The van der Waals surface area contributed by atoms with Gasteiger partial charge in [-0.15, -0.1) is 0 Å². The van der Waals surface area contributed by atoms with Crippen molar-refractivity contribution in [3.8, 4) is 0 Å². The lowest BCUT2D eigenvalue weighted by atomic mass is 10.1. The van der Waals surface area contributed by atoms with Crippen molar-refractivity contribution in [3.05, 3.63) is 77.7 Å². The smallest absolute Gasteiger partial charge is 0.340 e. The molecule has 1 aromatic heterocycles. The maximum Gasteiger partial charge on any atom is 0.340 e. The van der Waals surface area contributed by atoms with E-state index in [1.165, 1.54) is 12.4 Å². The minimum Gasteiger partial charge on any atom is -0.462 e. The normalized spacial score (nSPS) is 10.2. The van der Waals surface area contributed by atoms with E-state index >= 15 is 0 Å². The van der Waals surface area contributed by atoms with Gasteiger partial charge in [0.15, 0.2) is 0 Å². The molecule has 0 aliphatic rings. The Labute approximate surface area is 162 Å². The van der Waals surface area contributed by atoms with Crippen LogP contribution in [0.2, 0.25) is 0 Å². The van der Waals surface area contributed by atoms with Crippen LogP contribution in [0.4, 0.5) is 17.2 Å². The molecule has 0 aliphatic heterocycles. The first-order valence-electron chi connectivity index (χ1n) is 8.80. The minimum atomic E-state index is -0.498. The third kappa shape index (κ3) is 4.70. The number of esters is 1. The van der Waals surface area contributed by atoms with Crippen LogP contribution in [-0.4, -0.2) is 28.5 Å². The molecule has 3 rings (SSSR count). The van der Waals surface area contributed by atoms with Gasteiger partial charge in [-0.25, -0.2) is 14.8 Å². The number of ether oxygens (including phenoxy) is 1. The number of para-hydroxylation sites is 1. The second kappa shape index (κ2) is 8.77. The molecule has 2 aromatic carbocycles. The molecule has 0 fully saturated rings. The van der Waals surface area contributed by atoms with Crippen LogP contribution in [0.5, 0.6) is 0 Å². The highest BCUT2D eigenvalue weighted by atomic mass is 16.5. The summed E-state index contributed by atoms with van der Waals surface area (Å²) >= 11 is 0. The molecule has 0 atom stereocenters. The molecule has 2 N–H and O–H groups in total. The first-order chi connectivity index (χ1) is 13.6. The Morgan fingerprint density at radius 2 is 1.75 bits per heavy atom. The van der Waals surface area contributed by atoms with Gasteiger partial charge in [-0.3, -0.25) is 4.79 Å². The molecule has 0 radical (unpaired) electrons. The number of benzene rings is 2. The summed E-state index contributed by atoms with van der Waals surface area (Å²) in [6.45, 7) is 3.99. The van der Waals surface area contributed by atoms with E-state index in [2.05, 4.69) is 20.6 Å². The maximum absolute atomic E-state index is 12.5. The fraction of sp³-hybridized carbons (Fsp3) is 0.143. The molecule has 0 saturated heterocycles. The summed E-state index contributed by atoms with van der Waals surface area (Å²) in [6, 6.07) is 14.5. The maximum atomic E-state index is 12.5. The molecule has 1 amide bonds. The Balaban J connectivity index is 1.70. The largest absolute Gasteiger partial charge is 0.462 e. The Morgan fingerprint density at radius 3 is 2.43 bits per heavy atom. The van der Waals surface area contributed by atoms with Crippen LogP contribution >= 0.6 is 0 Å². The van der Waals surface area contributed by atoms with Crippen molar-refractivity contribution >= 4 is 29.1 Å². The first-order valence-corrected chi connectivity index (χ1v) is 8.80. The molecule has 7 heteroatoms. The van der Waals surface area contributed by atoms with Crippen molar-refractivity contribution in [1.29, 1.82) is 0 Å². The highest BCUT2D eigenvalue weighted by Crippen LogP contribution is 2.18. The molecule has 1 heterocycles. The number of amides is 1. The third-order valence-electron chi connectivity index (χ3n) is 3.88. The van der Waals surface area contributed by atoms with Gasteiger partial charge in [0, 0.05) is 5.69 Å². The van der Waals surface area contributed by atoms with E-state index in [4.69, 9.17) is 4.74 Å². The van der Waals surface area contributed by atoms with Gasteiger partial charge in [0.25, 0.3) is 5.91 Å².